The summed E-state index contributed by atoms with van der Waals surface area (Å²) in [6.07, 6.45) is 1.08. The Balaban J connectivity index is 1.93. The molecule has 4 heteroatoms. The lowest BCUT2D eigenvalue weighted by atomic mass is 10.0. The Morgan fingerprint density at radius 1 is 1.25 bits per heavy atom. The van der Waals surface area contributed by atoms with Crippen LogP contribution < -0.4 is 4.90 Å². The molecule has 0 radical (unpaired) electrons. The molecule has 0 fully saturated rings. The highest BCUT2D eigenvalue weighted by Crippen LogP contribution is 2.29. The smallest absolute Gasteiger partial charge is 0.0968 e. The van der Waals surface area contributed by atoms with Crippen LogP contribution >= 0.6 is 0 Å². The average molecular weight is 270 g/mol. The third-order valence-electron chi connectivity index (χ3n) is 4.12. The maximum atomic E-state index is 4.55. The molecule has 1 aliphatic rings. The van der Waals surface area contributed by atoms with Crippen LogP contribution in [0.5, 0.6) is 0 Å². The predicted octanol–water partition coefficient (Wildman–Crippen LogP) is 2.52. The largest absolute Gasteiger partial charge is 0.378 e. The molecule has 4 nitrogen and oxygen atoms in total. The third kappa shape index (κ3) is 2.31. The Kier molecular flexibility index (Phi) is 3.49. The molecule has 0 spiro atoms. The van der Waals surface area contributed by atoms with Crippen molar-refractivity contribution in [3.05, 3.63) is 35.5 Å². The Bertz CT molecular complexity index is 583. The molecular weight excluding hydrogens is 248 g/mol. The average Bonchev–Trinajstić information content (AvgIpc) is 2.90. The second-order valence-electron chi connectivity index (χ2n) is 5.59. The number of nitrogens with zero attached hydrogens (tertiary/aromatic N) is 3. The van der Waals surface area contributed by atoms with Crippen LogP contribution in [0.25, 0.3) is 11.3 Å². The van der Waals surface area contributed by atoms with Crippen LogP contribution in [-0.4, -0.2) is 42.3 Å². The standard InChI is InChI=1S/C16H22N4/c1-4-20-10-9-15-14(11-20)16(18-17-15)12-5-7-13(8-6-12)19(2)3/h5-8H,4,9-11H2,1-3H3,(H,17,18). The minimum Gasteiger partial charge on any atom is -0.378 e. The van der Waals surface area contributed by atoms with E-state index in [1.165, 1.54) is 22.5 Å². The number of aromatic amines is 1. The minimum atomic E-state index is 1.01. The van der Waals surface area contributed by atoms with Gasteiger partial charge in [-0.15, -0.1) is 0 Å². The molecule has 0 saturated carbocycles. The monoisotopic (exact) mass is 270 g/mol. The second-order valence-corrected chi connectivity index (χ2v) is 5.59. The van der Waals surface area contributed by atoms with Gasteiger partial charge >= 0.3 is 0 Å². The lowest BCUT2D eigenvalue weighted by Gasteiger charge is -2.25. The number of likely N-dealkylation sites (N-methyl/N-ethyl adjacent to an activating group) is 1. The fraction of sp³-hybridized carbons (Fsp3) is 0.438. The molecule has 1 aromatic carbocycles. The van der Waals surface area contributed by atoms with E-state index in [4.69, 9.17) is 0 Å². The van der Waals surface area contributed by atoms with Crippen LogP contribution in [0.4, 0.5) is 5.69 Å². The van der Waals surface area contributed by atoms with Crippen molar-refractivity contribution < 1.29 is 0 Å². The van der Waals surface area contributed by atoms with Gasteiger partial charge in [0.15, 0.2) is 0 Å². The number of benzene rings is 1. The summed E-state index contributed by atoms with van der Waals surface area (Å²) in [7, 11) is 4.12. The predicted molar refractivity (Wildman–Crippen MR) is 83.0 cm³/mol. The molecule has 2 heterocycles. The number of nitrogens with one attached hydrogen (secondary N) is 1. The number of H-pyrrole nitrogens is 1. The molecule has 1 aromatic heterocycles. The Labute approximate surface area is 120 Å². The van der Waals surface area contributed by atoms with Crippen molar-refractivity contribution in [3.63, 3.8) is 0 Å². The van der Waals surface area contributed by atoms with Gasteiger partial charge < -0.3 is 4.90 Å². The van der Waals surface area contributed by atoms with E-state index in [0.29, 0.717) is 0 Å². The van der Waals surface area contributed by atoms with Gasteiger partial charge in [0.05, 0.1) is 5.69 Å². The van der Waals surface area contributed by atoms with Gasteiger partial charge in [-0.3, -0.25) is 10.00 Å². The molecule has 2 aromatic rings. The summed E-state index contributed by atoms with van der Waals surface area (Å²) in [4.78, 5) is 4.58. The van der Waals surface area contributed by atoms with Crippen molar-refractivity contribution in [1.29, 1.82) is 0 Å². The van der Waals surface area contributed by atoms with E-state index in [0.717, 1.165) is 31.7 Å². The van der Waals surface area contributed by atoms with Crippen LogP contribution in [0.3, 0.4) is 0 Å². The molecule has 3 rings (SSSR count). The van der Waals surface area contributed by atoms with Crippen molar-refractivity contribution in [1.82, 2.24) is 15.1 Å². The summed E-state index contributed by atoms with van der Waals surface area (Å²) in [6.45, 7) is 5.46. The zero-order valence-corrected chi connectivity index (χ0v) is 12.5. The van der Waals surface area contributed by atoms with Gasteiger partial charge in [0, 0.05) is 56.1 Å². The minimum absolute atomic E-state index is 1.01. The van der Waals surface area contributed by atoms with E-state index in [-0.39, 0.29) is 0 Å². The highest BCUT2D eigenvalue weighted by Gasteiger charge is 2.21. The summed E-state index contributed by atoms with van der Waals surface area (Å²) < 4.78 is 0. The Hall–Kier alpha value is -1.81. The van der Waals surface area contributed by atoms with Gasteiger partial charge in [-0.25, -0.2) is 0 Å². The quantitative estimate of drug-likeness (QED) is 0.931. The van der Waals surface area contributed by atoms with E-state index in [9.17, 15) is 0 Å². The molecule has 106 valence electrons. The first-order valence-corrected chi connectivity index (χ1v) is 7.25. The van der Waals surface area contributed by atoms with Gasteiger partial charge in [0.1, 0.15) is 0 Å². The lowest BCUT2D eigenvalue weighted by molar-refractivity contribution is 0.267. The first-order chi connectivity index (χ1) is 9.69. The first-order valence-electron chi connectivity index (χ1n) is 7.25. The molecular formula is C16H22N4. The Morgan fingerprint density at radius 3 is 2.65 bits per heavy atom. The molecule has 0 amide bonds. The summed E-state index contributed by atoms with van der Waals surface area (Å²) in [5.74, 6) is 0. The van der Waals surface area contributed by atoms with E-state index < -0.39 is 0 Å². The summed E-state index contributed by atoms with van der Waals surface area (Å²) in [6, 6.07) is 8.63. The third-order valence-corrected chi connectivity index (χ3v) is 4.12. The molecule has 20 heavy (non-hydrogen) atoms. The zero-order valence-electron chi connectivity index (χ0n) is 12.5. The van der Waals surface area contributed by atoms with E-state index in [1.807, 2.05) is 0 Å². The Morgan fingerprint density at radius 2 is 2.00 bits per heavy atom. The highest BCUT2D eigenvalue weighted by molar-refractivity contribution is 5.67. The van der Waals surface area contributed by atoms with Crippen LogP contribution in [-0.2, 0) is 13.0 Å². The number of aromatic nitrogens is 2. The lowest BCUT2D eigenvalue weighted by Crippen LogP contribution is -2.30. The number of rotatable bonds is 3. The second kappa shape index (κ2) is 5.29. The van der Waals surface area contributed by atoms with E-state index >= 15 is 0 Å². The van der Waals surface area contributed by atoms with Crippen molar-refractivity contribution in [2.45, 2.75) is 19.9 Å². The first kappa shape index (κ1) is 13.2. The van der Waals surface area contributed by atoms with Crippen molar-refractivity contribution in [2.75, 3.05) is 32.1 Å². The van der Waals surface area contributed by atoms with Crippen molar-refractivity contribution in [3.8, 4) is 11.3 Å². The number of hydrogen-bond donors (Lipinski definition) is 1. The van der Waals surface area contributed by atoms with Gasteiger partial charge in [0.25, 0.3) is 0 Å². The SMILES string of the molecule is CCN1CCc2[nH]nc(-c3ccc(N(C)C)cc3)c2C1. The molecule has 1 aliphatic heterocycles. The normalized spacial score (nSPS) is 15.2. The number of anilines is 1. The number of hydrogen-bond acceptors (Lipinski definition) is 3. The summed E-state index contributed by atoms with van der Waals surface area (Å²) in [5, 5.41) is 7.77. The molecule has 1 N–H and O–H groups in total. The topological polar surface area (TPSA) is 35.2 Å². The van der Waals surface area contributed by atoms with E-state index in [1.54, 1.807) is 0 Å². The highest BCUT2D eigenvalue weighted by atomic mass is 15.2. The molecule has 0 aliphatic carbocycles. The molecule has 0 saturated heterocycles. The molecule has 0 atom stereocenters. The zero-order chi connectivity index (χ0) is 14.1. The molecule has 0 unspecified atom stereocenters. The summed E-state index contributed by atoms with van der Waals surface area (Å²) >= 11 is 0. The van der Waals surface area contributed by atoms with Gasteiger partial charge in [-0.05, 0) is 18.7 Å². The van der Waals surface area contributed by atoms with Crippen LogP contribution in [0, 0.1) is 0 Å². The van der Waals surface area contributed by atoms with Gasteiger partial charge in [-0.1, -0.05) is 19.1 Å². The van der Waals surface area contributed by atoms with Gasteiger partial charge in [-0.2, -0.15) is 5.10 Å². The van der Waals surface area contributed by atoms with E-state index in [2.05, 4.69) is 65.3 Å². The van der Waals surface area contributed by atoms with Crippen molar-refractivity contribution >= 4 is 5.69 Å². The van der Waals surface area contributed by atoms with Gasteiger partial charge in [0.2, 0.25) is 0 Å². The maximum Gasteiger partial charge on any atom is 0.0968 e. The molecule has 0 bridgehead atoms. The van der Waals surface area contributed by atoms with Crippen LogP contribution in [0.1, 0.15) is 18.2 Å². The van der Waals surface area contributed by atoms with Crippen LogP contribution in [0.2, 0.25) is 0 Å². The fourth-order valence-corrected chi connectivity index (χ4v) is 2.78. The summed E-state index contributed by atoms with van der Waals surface area (Å²) in [5.41, 5.74) is 6.21. The fourth-order valence-electron chi connectivity index (χ4n) is 2.78. The maximum absolute atomic E-state index is 4.55. The van der Waals surface area contributed by atoms with Crippen molar-refractivity contribution in [2.24, 2.45) is 0 Å². The van der Waals surface area contributed by atoms with Crippen LogP contribution in [0.15, 0.2) is 24.3 Å². The number of fused-ring (bicyclic) bond motifs is 1.